The number of hydrogen-bond donors (Lipinski definition) is 1. The van der Waals surface area contributed by atoms with E-state index in [9.17, 15) is 8.78 Å². The minimum atomic E-state index is -0.553. The molecule has 2 rings (SSSR count). The van der Waals surface area contributed by atoms with Crippen LogP contribution in [0.5, 0.6) is 0 Å². The lowest BCUT2D eigenvalue weighted by molar-refractivity contribution is 0.511. The fourth-order valence-corrected chi connectivity index (χ4v) is 2.86. The topological polar surface area (TPSA) is 29.9 Å². The van der Waals surface area contributed by atoms with Crippen molar-refractivity contribution in [3.8, 4) is 0 Å². The number of likely N-dealkylation sites (N-methyl/N-ethyl adjacent to an activating group) is 1. The third-order valence-corrected chi connectivity index (χ3v) is 4.62. The summed E-state index contributed by atoms with van der Waals surface area (Å²) >= 11 is 3.53. The fourth-order valence-electron chi connectivity index (χ4n) is 2.36. The largest absolute Gasteiger partial charge is 0.316 e. The van der Waals surface area contributed by atoms with Crippen LogP contribution < -0.4 is 5.32 Å². The molecular weight excluding hydrogens is 340 g/mol. The molecule has 1 unspecified atom stereocenters. The Morgan fingerprint density at radius 2 is 2.05 bits per heavy atom. The predicted molar refractivity (Wildman–Crippen MR) is 82.3 cm³/mol. The minimum absolute atomic E-state index is 0.0380. The Balaban J connectivity index is 2.17. The van der Waals surface area contributed by atoms with Crippen molar-refractivity contribution in [2.75, 3.05) is 7.05 Å². The van der Waals surface area contributed by atoms with Crippen LogP contribution in [0.2, 0.25) is 0 Å². The lowest BCUT2D eigenvalue weighted by Crippen LogP contribution is -2.31. The maximum absolute atomic E-state index is 13.8. The van der Waals surface area contributed by atoms with Gasteiger partial charge in [0.25, 0.3) is 0 Å². The van der Waals surface area contributed by atoms with Crippen LogP contribution in [0.4, 0.5) is 8.78 Å². The van der Waals surface area contributed by atoms with E-state index < -0.39 is 11.6 Å². The van der Waals surface area contributed by atoms with E-state index in [0.29, 0.717) is 18.4 Å². The van der Waals surface area contributed by atoms with Gasteiger partial charge >= 0.3 is 0 Å². The van der Waals surface area contributed by atoms with Crippen LogP contribution in [-0.4, -0.2) is 22.9 Å². The molecule has 6 heteroatoms. The van der Waals surface area contributed by atoms with Crippen LogP contribution in [0.25, 0.3) is 0 Å². The van der Waals surface area contributed by atoms with Gasteiger partial charge in [-0.05, 0) is 48.0 Å². The number of nitrogens with zero attached hydrogens (tertiary/aromatic N) is 2. The molecule has 114 valence electrons. The summed E-state index contributed by atoms with van der Waals surface area (Å²) in [4.78, 5) is 0. The second-order valence-electron chi connectivity index (χ2n) is 5.10. The van der Waals surface area contributed by atoms with Crippen LogP contribution >= 0.6 is 15.9 Å². The van der Waals surface area contributed by atoms with Crippen LogP contribution in [0, 0.1) is 18.6 Å². The molecule has 0 radical (unpaired) electrons. The van der Waals surface area contributed by atoms with E-state index in [1.54, 1.807) is 0 Å². The monoisotopic (exact) mass is 357 g/mol. The number of aryl methyl sites for hydroxylation is 2. The SMILES string of the molecule is CNC(Cc1ccc(F)cc1F)Cc1c(Br)c(C)nn1C. The van der Waals surface area contributed by atoms with Crippen molar-refractivity contribution in [3.63, 3.8) is 0 Å². The first-order chi connectivity index (χ1) is 9.92. The normalized spacial score (nSPS) is 12.7. The Labute approximate surface area is 131 Å². The summed E-state index contributed by atoms with van der Waals surface area (Å²) in [6.45, 7) is 1.93. The summed E-state index contributed by atoms with van der Waals surface area (Å²) in [7, 11) is 3.72. The zero-order chi connectivity index (χ0) is 15.6. The van der Waals surface area contributed by atoms with Crippen molar-refractivity contribution in [1.29, 1.82) is 0 Å². The lowest BCUT2D eigenvalue weighted by Gasteiger charge is -2.17. The average Bonchev–Trinajstić information content (AvgIpc) is 2.67. The molecule has 0 aliphatic carbocycles. The quantitative estimate of drug-likeness (QED) is 0.890. The van der Waals surface area contributed by atoms with Gasteiger partial charge in [0.2, 0.25) is 0 Å². The van der Waals surface area contributed by atoms with E-state index in [2.05, 4.69) is 26.3 Å². The summed E-state index contributed by atoms with van der Waals surface area (Å²) in [5, 5.41) is 7.53. The first-order valence-electron chi connectivity index (χ1n) is 6.71. The second-order valence-corrected chi connectivity index (χ2v) is 5.89. The van der Waals surface area contributed by atoms with Gasteiger partial charge < -0.3 is 5.32 Å². The van der Waals surface area contributed by atoms with Gasteiger partial charge in [0.15, 0.2) is 0 Å². The van der Waals surface area contributed by atoms with Gasteiger partial charge in [-0.15, -0.1) is 0 Å². The highest BCUT2D eigenvalue weighted by molar-refractivity contribution is 9.10. The highest BCUT2D eigenvalue weighted by Crippen LogP contribution is 2.22. The Morgan fingerprint density at radius 1 is 1.33 bits per heavy atom. The van der Waals surface area contributed by atoms with Gasteiger partial charge in [-0.25, -0.2) is 8.78 Å². The molecule has 0 bridgehead atoms. The summed E-state index contributed by atoms with van der Waals surface area (Å²) in [6.07, 6.45) is 1.19. The minimum Gasteiger partial charge on any atom is -0.316 e. The van der Waals surface area contributed by atoms with E-state index in [0.717, 1.165) is 21.9 Å². The fraction of sp³-hybridized carbons (Fsp3) is 0.400. The van der Waals surface area contributed by atoms with E-state index in [1.165, 1.54) is 12.1 Å². The number of hydrogen-bond acceptors (Lipinski definition) is 2. The third kappa shape index (κ3) is 3.68. The molecule has 1 aromatic carbocycles. The predicted octanol–water partition coefficient (Wildman–Crippen LogP) is 3.14. The van der Waals surface area contributed by atoms with Gasteiger partial charge in [-0.2, -0.15) is 5.10 Å². The van der Waals surface area contributed by atoms with Crippen molar-refractivity contribution >= 4 is 15.9 Å². The summed E-state index contributed by atoms with van der Waals surface area (Å²) < 4.78 is 29.5. The number of benzene rings is 1. The molecule has 1 heterocycles. The Bertz CT molecular complexity index is 640. The number of halogens is 3. The van der Waals surface area contributed by atoms with Crippen LogP contribution in [0.15, 0.2) is 22.7 Å². The molecule has 1 N–H and O–H groups in total. The van der Waals surface area contributed by atoms with Gasteiger partial charge in [0.1, 0.15) is 11.6 Å². The summed E-state index contributed by atoms with van der Waals surface area (Å²) in [6, 6.07) is 3.75. The van der Waals surface area contributed by atoms with Crippen LogP contribution in [0.3, 0.4) is 0 Å². The van der Waals surface area contributed by atoms with Gasteiger partial charge in [0, 0.05) is 25.6 Å². The van der Waals surface area contributed by atoms with Crippen molar-refractivity contribution < 1.29 is 8.78 Å². The Kier molecular flexibility index (Phi) is 5.11. The Morgan fingerprint density at radius 3 is 2.57 bits per heavy atom. The Hall–Kier alpha value is -1.27. The molecule has 0 fully saturated rings. The molecule has 1 atom stereocenters. The standard InChI is InChI=1S/C15H18BrF2N3/c1-9-15(16)14(21(3)20-9)8-12(19-2)6-10-4-5-11(17)7-13(10)18/h4-5,7,12,19H,6,8H2,1-3H3. The molecule has 0 saturated heterocycles. The second kappa shape index (κ2) is 6.66. The van der Waals surface area contributed by atoms with Crippen LogP contribution in [-0.2, 0) is 19.9 Å². The third-order valence-electron chi connectivity index (χ3n) is 3.59. The molecule has 0 spiro atoms. The maximum Gasteiger partial charge on any atom is 0.129 e. The molecule has 3 nitrogen and oxygen atoms in total. The van der Waals surface area contributed by atoms with Crippen LogP contribution in [0.1, 0.15) is 17.0 Å². The highest BCUT2D eigenvalue weighted by Gasteiger charge is 2.17. The lowest BCUT2D eigenvalue weighted by atomic mass is 10.0. The zero-order valence-corrected chi connectivity index (χ0v) is 13.8. The van der Waals surface area contributed by atoms with Gasteiger partial charge in [0.05, 0.1) is 15.9 Å². The summed E-state index contributed by atoms with van der Waals surface area (Å²) in [5.41, 5.74) is 2.48. The summed E-state index contributed by atoms with van der Waals surface area (Å²) in [5.74, 6) is -1.06. The van der Waals surface area contributed by atoms with E-state index in [-0.39, 0.29) is 6.04 Å². The first-order valence-corrected chi connectivity index (χ1v) is 7.50. The number of nitrogens with one attached hydrogen (secondary N) is 1. The first kappa shape index (κ1) is 16.1. The van der Waals surface area contributed by atoms with Crippen molar-refractivity contribution in [2.45, 2.75) is 25.8 Å². The van der Waals surface area contributed by atoms with Gasteiger partial charge in [-0.1, -0.05) is 6.07 Å². The molecule has 0 aliphatic heterocycles. The highest BCUT2D eigenvalue weighted by atomic mass is 79.9. The van der Waals surface area contributed by atoms with E-state index >= 15 is 0 Å². The molecule has 0 aliphatic rings. The molecule has 0 saturated carbocycles. The van der Waals surface area contributed by atoms with E-state index in [4.69, 9.17) is 0 Å². The van der Waals surface area contributed by atoms with Gasteiger partial charge in [-0.3, -0.25) is 4.68 Å². The van der Waals surface area contributed by atoms with Crippen molar-refractivity contribution in [1.82, 2.24) is 15.1 Å². The molecule has 21 heavy (non-hydrogen) atoms. The number of rotatable bonds is 5. The van der Waals surface area contributed by atoms with Crippen molar-refractivity contribution in [2.24, 2.45) is 7.05 Å². The number of aromatic nitrogens is 2. The van der Waals surface area contributed by atoms with Crippen molar-refractivity contribution in [3.05, 3.63) is 51.3 Å². The molecule has 1 aromatic heterocycles. The smallest absolute Gasteiger partial charge is 0.129 e. The zero-order valence-electron chi connectivity index (χ0n) is 12.3. The average molecular weight is 358 g/mol. The van der Waals surface area contributed by atoms with E-state index in [1.807, 2.05) is 25.7 Å². The maximum atomic E-state index is 13.8. The molecule has 2 aromatic rings. The molecular formula is C15H18BrF2N3. The molecule has 0 amide bonds.